The Bertz CT molecular complexity index is 2020. The van der Waals surface area contributed by atoms with Crippen molar-refractivity contribution in [3.63, 3.8) is 0 Å². The van der Waals surface area contributed by atoms with E-state index < -0.39 is 0 Å². The third kappa shape index (κ3) is 29.9. The molecule has 22 heteroatoms. The molecule has 1 fully saturated rings. The highest BCUT2D eigenvalue weighted by Gasteiger charge is 2.23. The predicted molar refractivity (Wildman–Crippen MR) is 282 cm³/mol. The van der Waals surface area contributed by atoms with Crippen LogP contribution in [0.25, 0.3) is 0 Å². The third-order valence-electron chi connectivity index (χ3n) is 11.2. The summed E-state index contributed by atoms with van der Waals surface area (Å²) in [6, 6.07) is 18.7. The molecule has 3 aromatic rings. The van der Waals surface area contributed by atoms with E-state index in [1.54, 1.807) is 39.5 Å². The Hall–Kier alpha value is -5.21. The van der Waals surface area contributed by atoms with Crippen LogP contribution in [0.5, 0.6) is 23.0 Å². The zero-order chi connectivity index (χ0) is 54.6. The van der Waals surface area contributed by atoms with Crippen LogP contribution in [0.3, 0.4) is 0 Å². The third-order valence-corrected chi connectivity index (χ3v) is 11.2. The lowest BCUT2D eigenvalue weighted by Gasteiger charge is -2.19. The molecule has 432 valence electrons. The second-order valence-corrected chi connectivity index (χ2v) is 17.1. The predicted octanol–water partition coefficient (Wildman–Crippen LogP) is 3.71. The number of aryl methyl sites for hydroxylation is 2. The van der Waals surface area contributed by atoms with E-state index in [1.807, 2.05) is 36.4 Å². The number of methoxy groups -OCH3 is 3. The van der Waals surface area contributed by atoms with Gasteiger partial charge in [-0.3, -0.25) is 14.4 Å². The summed E-state index contributed by atoms with van der Waals surface area (Å²) in [5, 5.41) is 8.52. The molecule has 1 unspecified atom stereocenters. The van der Waals surface area contributed by atoms with Crippen LogP contribution in [-0.2, 0) is 86.2 Å². The summed E-state index contributed by atoms with van der Waals surface area (Å²) in [4.78, 5) is 48.1. The van der Waals surface area contributed by atoms with Crippen molar-refractivity contribution >= 4 is 17.7 Å². The van der Waals surface area contributed by atoms with Crippen LogP contribution in [-0.4, -0.2) is 204 Å². The molecule has 0 aliphatic carbocycles. The number of carbonyl (C=O) groups is 3. The molecule has 1 aliphatic rings. The molecular formula is C55H83N3O19. The van der Waals surface area contributed by atoms with Gasteiger partial charge in [0.25, 0.3) is 17.7 Å². The number of hydrogen-bond donors (Lipinski definition) is 3. The number of hydrogen-bond acceptors (Lipinski definition) is 19. The summed E-state index contributed by atoms with van der Waals surface area (Å²) in [6.07, 6.45) is 4.20. The first kappa shape index (κ1) is 64.3. The molecule has 1 aliphatic heterocycles. The SMILES string of the molecule is COCc1cccc(OCC(=O)NCCOCCOCCOCCOCCOCCOCCOCCOCCOCCNC(=O)COc2cccc(CCCc3ccc(OC)c(OC)c3)c2)c1C(=O)NC1CCCOOC1. The maximum absolute atomic E-state index is 13.3. The van der Waals surface area contributed by atoms with Gasteiger partial charge in [0.05, 0.1) is 158 Å². The molecule has 3 aromatic carbocycles. The standard InChI is InChI=1S/C55H83N3O19/c1-62-40-46-11-6-14-50(54(46)55(61)58-47-12-7-19-76-77-41-47)75-43-53(60)57-18-21-66-23-25-68-27-29-70-31-33-72-35-37-73-36-34-71-32-30-69-28-26-67-24-22-65-20-17-56-52(59)42-74-48-13-5-10-44(38-48)8-4-9-45-15-16-49(63-2)51(39-45)64-3/h5-6,10-11,13-16,38-39,47H,4,7-9,12,17-37,40-43H2,1-3H3,(H,56,59)(H,57,60)(H,58,61). The molecule has 3 amide bonds. The van der Waals surface area contributed by atoms with Crippen molar-refractivity contribution in [2.24, 2.45) is 0 Å². The monoisotopic (exact) mass is 1090 g/mol. The fourth-order valence-electron chi connectivity index (χ4n) is 7.37. The molecular weight excluding hydrogens is 1010 g/mol. The van der Waals surface area contributed by atoms with Crippen LogP contribution in [0.4, 0.5) is 0 Å². The van der Waals surface area contributed by atoms with Crippen molar-refractivity contribution in [2.45, 2.75) is 44.8 Å². The normalized spacial score (nSPS) is 13.4. The summed E-state index contributed by atoms with van der Waals surface area (Å²) < 4.78 is 77.3. The zero-order valence-electron chi connectivity index (χ0n) is 45.3. The van der Waals surface area contributed by atoms with Crippen molar-refractivity contribution in [1.29, 1.82) is 0 Å². The van der Waals surface area contributed by atoms with Crippen molar-refractivity contribution in [3.8, 4) is 23.0 Å². The average molecular weight is 1090 g/mol. The van der Waals surface area contributed by atoms with E-state index in [-0.39, 0.29) is 62.5 Å². The zero-order valence-corrected chi connectivity index (χ0v) is 45.3. The molecule has 77 heavy (non-hydrogen) atoms. The van der Waals surface area contributed by atoms with Gasteiger partial charge in [0.15, 0.2) is 24.7 Å². The maximum Gasteiger partial charge on any atom is 0.258 e. The number of amides is 3. The maximum atomic E-state index is 13.3. The summed E-state index contributed by atoms with van der Waals surface area (Å²) in [5.41, 5.74) is 3.27. The molecule has 0 radical (unpaired) electrons. The second-order valence-electron chi connectivity index (χ2n) is 17.1. The summed E-state index contributed by atoms with van der Waals surface area (Å²) >= 11 is 0. The highest BCUT2D eigenvalue weighted by molar-refractivity contribution is 5.98. The Morgan fingerprint density at radius 2 is 1.04 bits per heavy atom. The Morgan fingerprint density at radius 1 is 0.532 bits per heavy atom. The van der Waals surface area contributed by atoms with Gasteiger partial charge in [-0.25, -0.2) is 9.78 Å². The van der Waals surface area contributed by atoms with Crippen LogP contribution in [0, 0.1) is 0 Å². The Balaban J connectivity index is 0.822. The minimum absolute atomic E-state index is 0.0737. The van der Waals surface area contributed by atoms with Crippen LogP contribution in [0.15, 0.2) is 60.7 Å². The summed E-state index contributed by atoms with van der Waals surface area (Å²) in [7, 11) is 4.81. The molecule has 3 N–H and O–H groups in total. The average Bonchev–Trinajstić information content (AvgIpc) is 3.72. The Labute approximate surface area is 453 Å². The van der Waals surface area contributed by atoms with Crippen molar-refractivity contribution in [3.05, 3.63) is 82.9 Å². The quantitative estimate of drug-likeness (QED) is 0.0540. The molecule has 0 bridgehead atoms. The summed E-state index contributed by atoms with van der Waals surface area (Å²) in [5.74, 6) is 1.47. The van der Waals surface area contributed by atoms with E-state index in [4.69, 9.17) is 76.1 Å². The largest absolute Gasteiger partial charge is 0.493 e. The van der Waals surface area contributed by atoms with E-state index >= 15 is 0 Å². The lowest BCUT2D eigenvalue weighted by Crippen LogP contribution is -2.38. The highest BCUT2D eigenvalue weighted by Crippen LogP contribution is 2.28. The molecule has 1 saturated heterocycles. The fourth-order valence-corrected chi connectivity index (χ4v) is 7.37. The van der Waals surface area contributed by atoms with Crippen molar-refractivity contribution in [2.75, 3.05) is 180 Å². The van der Waals surface area contributed by atoms with Gasteiger partial charge in [-0.2, -0.15) is 0 Å². The van der Waals surface area contributed by atoms with E-state index in [0.717, 1.165) is 37.0 Å². The molecule has 1 heterocycles. The molecule has 4 rings (SSSR count). The first-order valence-electron chi connectivity index (χ1n) is 26.3. The molecule has 0 saturated carbocycles. The molecule has 0 aromatic heterocycles. The minimum Gasteiger partial charge on any atom is -0.493 e. The Kier molecular flexibility index (Phi) is 35.7. The van der Waals surface area contributed by atoms with Crippen molar-refractivity contribution in [1.82, 2.24) is 16.0 Å². The number of rotatable bonds is 46. The topological polar surface area (TPSA) is 235 Å². The van der Waals surface area contributed by atoms with Crippen LogP contribution in [0.2, 0.25) is 0 Å². The summed E-state index contributed by atoms with van der Waals surface area (Å²) in [6.45, 7) is 8.75. The van der Waals surface area contributed by atoms with Gasteiger partial charge in [0, 0.05) is 20.2 Å². The lowest BCUT2D eigenvalue weighted by molar-refractivity contribution is -0.289. The van der Waals surface area contributed by atoms with Crippen molar-refractivity contribution < 1.29 is 90.5 Å². The van der Waals surface area contributed by atoms with Crippen LogP contribution >= 0.6 is 0 Å². The van der Waals surface area contributed by atoms with E-state index in [0.29, 0.717) is 161 Å². The van der Waals surface area contributed by atoms with E-state index in [1.165, 1.54) is 5.56 Å². The Morgan fingerprint density at radius 3 is 1.57 bits per heavy atom. The lowest BCUT2D eigenvalue weighted by atomic mass is 10.0. The second kappa shape index (κ2) is 42.8. The fraction of sp³-hybridized carbons (Fsp3) is 0.618. The van der Waals surface area contributed by atoms with Gasteiger partial charge >= 0.3 is 0 Å². The molecule has 1 atom stereocenters. The number of nitrogens with one attached hydrogen (secondary N) is 3. The first-order chi connectivity index (χ1) is 37.9. The van der Waals surface area contributed by atoms with Gasteiger partial charge in [-0.05, 0) is 79.1 Å². The van der Waals surface area contributed by atoms with Gasteiger partial charge in [-0.15, -0.1) is 0 Å². The van der Waals surface area contributed by atoms with Crippen LogP contribution in [0.1, 0.15) is 46.3 Å². The van der Waals surface area contributed by atoms with Gasteiger partial charge in [0.2, 0.25) is 0 Å². The number of benzene rings is 3. The smallest absolute Gasteiger partial charge is 0.258 e. The van der Waals surface area contributed by atoms with E-state index in [9.17, 15) is 14.4 Å². The van der Waals surface area contributed by atoms with E-state index in [2.05, 4.69) is 22.0 Å². The van der Waals surface area contributed by atoms with Gasteiger partial charge in [0.1, 0.15) is 18.1 Å². The number of ether oxygens (including phenoxy) is 14. The van der Waals surface area contributed by atoms with Gasteiger partial charge in [-0.1, -0.05) is 30.3 Å². The first-order valence-corrected chi connectivity index (χ1v) is 26.3. The highest BCUT2D eigenvalue weighted by atomic mass is 17.2. The molecule has 0 spiro atoms. The minimum atomic E-state index is -0.351. The number of carbonyl (C=O) groups excluding carboxylic acids is 3. The van der Waals surface area contributed by atoms with Crippen LogP contribution < -0.4 is 34.9 Å². The molecule has 22 nitrogen and oxygen atoms in total. The van der Waals surface area contributed by atoms with Gasteiger partial charge < -0.3 is 82.3 Å².